The Kier molecular flexibility index (Phi) is 6.48. The topological polar surface area (TPSA) is 9.23 Å². The zero-order chi connectivity index (χ0) is 12.3. The molecule has 17 heavy (non-hydrogen) atoms. The number of quaternary nitrogens is 1. The fraction of sp³-hybridized carbons (Fsp3) is 0.571. The Morgan fingerprint density at radius 3 is 1.94 bits per heavy atom. The second-order valence-electron chi connectivity index (χ2n) is 5.32. The van der Waals surface area contributed by atoms with Crippen molar-refractivity contribution in [3.63, 3.8) is 0 Å². The van der Waals surface area contributed by atoms with E-state index >= 15 is 0 Å². The molecule has 0 aliphatic carbocycles. The number of hydrogen-bond acceptors (Lipinski definition) is 1. The lowest BCUT2D eigenvalue weighted by Gasteiger charge is -2.34. The van der Waals surface area contributed by atoms with Gasteiger partial charge in [0.25, 0.3) is 0 Å². The van der Waals surface area contributed by atoms with Gasteiger partial charge in [0.2, 0.25) is 6.23 Å². The van der Waals surface area contributed by atoms with E-state index < -0.39 is 0 Å². The van der Waals surface area contributed by atoms with E-state index in [2.05, 4.69) is 60.1 Å². The second-order valence-corrected chi connectivity index (χ2v) is 5.32. The van der Waals surface area contributed by atoms with Gasteiger partial charge in [-0.1, -0.05) is 25.1 Å². The van der Waals surface area contributed by atoms with Gasteiger partial charge < -0.3 is 28.7 Å². The minimum absolute atomic E-state index is 0. The molecule has 0 saturated heterocycles. The van der Waals surface area contributed by atoms with Crippen molar-refractivity contribution in [2.45, 2.75) is 33.4 Å². The van der Waals surface area contributed by atoms with Crippen LogP contribution in [0.4, 0.5) is 0 Å². The van der Waals surface area contributed by atoms with Gasteiger partial charge in [0.05, 0.1) is 21.1 Å². The molecular formula is C14H24INO. The van der Waals surface area contributed by atoms with E-state index in [9.17, 15) is 0 Å². The first kappa shape index (κ1) is 16.7. The Hall–Kier alpha value is -0.290. The summed E-state index contributed by atoms with van der Waals surface area (Å²) in [6.07, 6.45) is 1.22. The normalized spacial score (nSPS) is 12.8. The zero-order valence-electron chi connectivity index (χ0n) is 11.7. The van der Waals surface area contributed by atoms with Gasteiger partial charge in [0.15, 0.2) is 0 Å². The highest BCUT2D eigenvalue weighted by Crippen LogP contribution is 2.25. The fourth-order valence-corrected chi connectivity index (χ4v) is 1.91. The number of hydrogen-bond donors (Lipinski definition) is 0. The molecule has 0 bridgehead atoms. The molecule has 0 N–H and O–H groups in total. The Bertz CT molecular complexity index is 337. The smallest absolute Gasteiger partial charge is 0.232 e. The summed E-state index contributed by atoms with van der Waals surface area (Å²) in [4.78, 5) is 0. The molecule has 1 unspecified atom stereocenters. The summed E-state index contributed by atoms with van der Waals surface area (Å²) in [5.74, 6) is 1.04. The molecule has 3 heteroatoms. The summed E-state index contributed by atoms with van der Waals surface area (Å²) >= 11 is 0. The van der Waals surface area contributed by atoms with Gasteiger partial charge in [-0.2, -0.15) is 0 Å². The van der Waals surface area contributed by atoms with Gasteiger partial charge in [-0.05, 0) is 25.0 Å². The average Bonchev–Trinajstić information content (AvgIpc) is 2.15. The van der Waals surface area contributed by atoms with Gasteiger partial charge in [0.1, 0.15) is 5.75 Å². The standard InChI is InChI=1S/C14H24NO.HI/c1-7-13(15(4,5)6)16-14-11(2)9-8-10-12(14)3;/h8-10,13H,7H2,1-6H3;1H/q+1;/p-1. The molecule has 0 aliphatic rings. The van der Waals surface area contributed by atoms with Gasteiger partial charge in [-0.25, -0.2) is 0 Å². The van der Waals surface area contributed by atoms with Crippen molar-refractivity contribution < 1.29 is 33.2 Å². The van der Waals surface area contributed by atoms with E-state index in [4.69, 9.17) is 4.74 Å². The monoisotopic (exact) mass is 349 g/mol. The van der Waals surface area contributed by atoms with Crippen LogP contribution in [0, 0.1) is 13.8 Å². The van der Waals surface area contributed by atoms with Gasteiger partial charge in [-0.3, -0.25) is 4.48 Å². The van der Waals surface area contributed by atoms with E-state index in [1.165, 1.54) is 11.1 Å². The lowest BCUT2D eigenvalue weighted by molar-refractivity contribution is -0.915. The highest BCUT2D eigenvalue weighted by molar-refractivity contribution is 5.39. The summed E-state index contributed by atoms with van der Waals surface area (Å²) < 4.78 is 6.99. The summed E-state index contributed by atoms with van der Waals surface area (Å²) in [6, 6.07) is 6.28. The predicted molar refractivity (Wildman–Crippen MR) is 68.7 cm³/mol. The number of benzene rings is 1. The summed E-state index contributed by atoms with van der Waals surface area (Å²) in [7, 11) is 6.51. The minimum atomic E-state index is 0. The number of aryl methyl sites for hydroxylation is 2. The van der Waals surface area contributed by atoms with Crippen LogP contribution in [0.25, 0.3) is 0 Å². The van der Waals surface area contributed by atoms with Crippen LogP contribution in [-0.2, 0) is 0 Å². The Balaban J connectivity index is 0.00000256. The van der Waals surface area contributed by atoms with Crippen LogP contribution in [0.2, 0.25) is 0 Å². The van der Waals surface area contributed by atoms with Crippen molar-refractivity contribution in [1.29, 1.82) is 0 Å². The molecule has 0 radical (unpaired) electrons. The number of halogens is 1. The third kappa shape index (κ3) is 4.47. The lowest BCUT2D eigenvalue weighted by atomic mass is 10.1. The third-order valence-corrected chi connectivity index (χ3v) is 2.88. The van der Waals surface area contributed by atoms with Crippen LogP contribution in [0.1, 0.15) is 24.5 Å². The summed E-state index contributed by atoms with van der Waals surface area (Å²) in [5, 5.41) is 0. The maximum absolute atomic E-state index is 6.16. The molecule has 1 aromatic carbocycles. The Morgan fingerprint density at radius 2 is 1.59 bits per heavy atom. The second kappa shape index (κ2) is 6.59. The number of ether oxygens (including phenoxy) is 1. The van der Waals surface area contributed by atoms with Crippen molar-refractivity contribution in [3.05, 3.63) is 29.3 Å². The number of para-hydroxylation sites is 1. The average molecular weight is 349 g/mol. The van der Waals surface area contributed by atoms with Crippen LogP contribution in [0.15, 0.2) is 18.2 Å². The predicted octanol–water partition coefficient (Wildman–Crippen LogP) is 0.129. The van der Waals surface area contributed by atoms with Gasteiger partial charge in [0, 0.05) is 6.42 Å². The van der Waals surface area contributed by atoms with E-state index in [0.29, 0.717) is 0 Å². The molecule has 1 atom stereocenters. The lowest BCUT2D eigenvalue weighted by Crippen LogP contribution is -3.00. The maximum atomic E-state index is 6.16. The first-order valence-electron chi connectivity index (χ1n) is 5.90. The molecule has 2 nitrogen and oxygen atoms in total. The van der Waals surface area contributed by atoms with Gasteiger partial charge in [-0.15, -0.1) is 0 Å². The van der Waals surface area contributed by atoms with E-state index in [-0.39, 0.29) is 30.2 Å². The molecule has 0 aromatic heterocycles. The van der Waals surface area contributed by atoms with Crippen molar-refractivity contribution in [1.82, 2.24) is 0 Å². The quantitative estimate of drug-likeness (QED) is 0.427. The zero-order valence-corrected chi connectivity index (χ0v) is 13.9. The van der Waals surface area contributed by atoms with Gasteiger partial charge >= 0.3 is 0 Å². The molecule has 0 spiro atoms. The van der Waals surface area contributed by atoms with E-state index in [1.807, 2.05) is 0 Å². The summed E-state index contributed by atoms with van der Waals surface area (Å²) in [5.41, 5.74) is 2.43. The van der Waals surface area contributed by atoms with Crippen molar-refractivity contribution in [3.8, 4) is 5.75 Å². The van der Waals surface area contributed by atoms with Crippen molar-refractivity contribution in [2.75, 3.05) is 21.1 Å². The molecule has 0 heterocycles. The number of nitrogens with zero attached hydrogens (tertiary/aromatic N) is 1. The maximum Gasteiger partial charge on any atom is 0.232 e. The van der Waals surface area contributed by atoms with E-state index in [1.54, 1.807) is 0 Å². The largest absolute Gasteiger partial charge is 1.00 e. The molecule has 0 aliphatic heterocycles. The fourth-order valence-electron chi connectivity index (χ4n) is 1.91. The van der Waals surface area contributed by atoms with Crippen LogP contribution >= 0.6 is 0 Å². The van der Waals surface area contributed by atoms with Crippen molar-refractivity contribution >= 4 is 0 Å². The van der Waals surface area contributed by atoms with Crippen LogP contribution in [-0.4, -0.2) is 31.9 Å². The molecule has 0 amide bonds. The highest BCUT2D eigenvalue weighted by atomic mass is 127. The molecule has 0 fully saturated rings. The molecule has 1 aromatic rings. The summed E-state index contributed by atoms with van der Waals surface area (Å²) in [6.45, 7) is 6.37. The first-order chi connectivity index (χ1) is 7.36. The first-order valence-corrected chi connectivity index (χ1v) is 5.90. The van der Waals surface area contributed by atoms with E-state index in [0.717, 1.165) is 16.7 Å². The molecule has 98 valence electrons. The SMILES string of the molecule is CCC(Oc1c(C)cccc1C)[N+](C)(C)C.[I-]. The molecule has 1 rings (SSSR count). The minimum Gasteiger partial charge on any atom is -1.00 e. The van der Waals surface area contributed by atoms with Crippen LogP contribution in [0.3, 0.4) is 0 Å². The van der Waals surface area contributed by atoms with Crippen molar-refractivity contribution in [2.24, 2.45) is 0 Å². The number of rotatable bonds is 4. The Morgan fingerprint density at radius 1 is 1.12 bits per heavy atom. The third-order valence-electron chi connectivity index (χ3n) is 2.88. The molecule has 0 saturated carbocycles. The molecular weight excluding hydrogens is 325 g/mol. The Labute approximate surface area is 123 Å². The van der Waals surface area contributed by atoms with Crippen LogP contribution in [0.5, 0.6) is 5.75 Å². The van der Waals surface area contributed by atoms with Crippen LogP contribution < -0.4 is 28.7 Å². The highest BCUT2D eigenvalue weighted by Gasteiger charge is 2.24.